The summed E-state index contributed by atoms with van der Waals surface area (Å²) in [5.41, 5.74) is 1.80. The van der Waals surface area contributed by atoms with Crippen LogP contribution in [-0.4, -0.2) is 45.4 Å². The van der Waals surface area contributed by atoms with Gasteiger partial charge in [-0.1, -0.05) is 25.1 Å². The number of hydrogen-bond acceptors (Lipinski definition) is 4. The van der Waals surface area contributed by atoms with Crippen molar-refractivity contribution < 1.29 is 13.2 Å². The summed E-state index contributed by atoms with van der Waals surface area (Å²) in [7, 11) is -3.77. The van der Waals surface area contributed by atoms with Crippen LogP contribution >= 0.6 is 0 Å². The Labute approximate surface area is 179 Å². The molecule has 1 aliphatic rings. The maximum absolute atomic E-state index is 12.7. The van der Waals surface area contributed by atoms with E-state index in [0.29, 0.717) is 17.8 Å². The summed E-state index contributed by atoms with van der Waals surface area (Å²) in [6.07, 6.45) is 3.36. The quantitative estimate of drug-likeness (QED) is 0.628. The molecule has 0 saturated carbocycles. The largest absolute Gasteiger partial charge is 0.352 e. The monoisotopic (exact) mass is 429 g/mol. The summed E-state index contributed by atoms with van der Waals surface area (Å²) >= 11 is 0. The van der Waals surface area contributed by atoms with Crippen LogP contribution in [0.4, 0.5) is 5.69 Å². The number of benzene rings is 2. The first kappa shape index (κ1) is 22.3. The van der Waals surface area contributed by atoms with Gasteiger partial charge < -0.3 is 10.2 Å². The van der Waals surface area contributed by atoms with E-state index in [0.717, 1.165) is 37.5 Å². The van der Waals surface area contributed by atoms with Crippen LogP contribution in [-0.2, 0) is 10.0 Å². The van der Waals surface area contributed by atoms with Gasteiger partial charge in [0.05, 0.1) is 4.90 Å². The van der Waals surface area contributed by atoms with Crippen molar-refractivity contribution in [3.05, 3.63) is 59.7 Å². The molecule has 0 unspecified atom stereocenters. The number of piperidine rings is 1. The van der Waals surface area contributed by atoms with Crippen LogP contribution in [0.1, 0.15) is 42.1 Å². The van der Waals surface area contributed by atoms with Crippen molar-refractivity contribution in [2.75, 3.05) is 30.9 Å². The van der Waals surface area contributed by atoms with Gasteiger partial charge in [0.1, 0.15) is 0 Å². The Kier molecular flexibility index (Phi) is 7.50. The minimum Gasteiger partial charge on any atom is -0.352 e. The maximum Gasteiger partial charge on any atom is 0.261 e. The van der Waals surface area contributed by atoms with Crippen LogP contribution in [0.25, 0.3) is 0 Å². The molecule has 1 heterocycles. The SMILES string of the molecule is Cc1cccc(NS(=O)(=O)c2cccc(C(=O)NCCCN3CCC(C)CC3)c2)c1. The lowest BCUT2D eigenvalue weighted by Gasteiger charge is -2.30. The molecule has 1 amide bonds. The van der Waals surface area contributed by atoms with Gasteiger partial charge >= 0.3 is 0 Å². The van der Waals surface area contributed by atoms with Crippen molar-refractivity contribution in [2.45, 2.75) is 38.0 Å². The molecule has 0 bridgehead atoms. The zero-order valence-electron chi connectivity index (χ0n) is 17.7. The van der Waals surface area contributed by atoms with Gasteiger partial charge in [0.25, 0.3) is 15.9 Å². The highest BCUT2D eigenvalue weighted by atomic mass is 32.2. The lowest BCUT2D eigenvalue weighted by molar-refractivity contribution is 0.0950. The topological polar surface area (TPSA) is 78.5 Å². The van der Waals surface area contributed by atoms with Crippen LogP contribution in [0.15, 0.2) is 53.4 Å². The van der Waals surface area contributed by atoms with E-state index >= 15 is 0 Å². The Balaban J connectivity index is 1.54. The van der Waals surface area contributed by atoms with Crippen molar-refractivity contribution in [3.63, 3.8) is 0 Å². The molecule has 2 aromatic rings. The fourth-order valence-corrected chi connectivity index (χ4v) is 4.71. The fraction of sp³-hybridized carbons (Fsp3) is 0.435. The number of rotatable bonds is 8. The molecule has 0 radical (unpaired) electrons. The minimum absolute atomic E-state index is 0.0686. The maximum atomic E-state index is 12.7. The highest BCUT2D eigenvalue weighted by molar-refractivity contribution is 7.92. The Hall–Kier alpha value is -2.38. The highest BCUT2D eigenvalue weighted by Gasteiger charge is 2.17. The number of anilines is 1. The van der Waals surface area contributed by atoms with Crippen LogP contribution in [0.3, 0.4) is 0 Å². The third kappa shape index (κ3) is 6.31. The second-order valence-corrected chi connectivity index (χ2v) is 9.82. The molecule has 6 nitrogen and oxygen atoms in total. The van der Waals surface area contributed by atoms with E-state index in [4.69, 9.17) is 0 Å². The van der Waals surface area contributed by atoms with Gasteiger partial charge in [-0.2, -0.15) is 0 Å². The zero-order chi connectivity index (χ0) is 21.6. The average molecular weight is 430 g/mol. The van der Waals surface area contributed by atoms with Gasteiger partial charge in [0.15, 0.2) is 0 Å². The Morgan fingerprint density at radius 3 is 2.57 bits per heavy atom. The number of likely N-dealkylation sites (tertiary alicyclic amines) is 1. The summed E-state index contributed by atoms with van der Waals surface area (Å²) in [5, 5.41) is 2.90. The Morgan fingerprint density at radius 2 is 1.83 bits per heavy atom. The van der Waals surface area contributed by atoms with Crippen LogP contribution in [0.2, 0.25) is 0 Å². The standard InChI is InChI=1S/C23H31N3O3S/c1-18-10-14-26(15-11-18)13-5-12-24-23(27)20-7-4-9-22(17-20)30(28,29)25-21-8-3-6-19(2)16-21/h3-4,6-9,16-18,25H,5,10-15H2,1-2H3,(H,24,27). The molecular weight excluding hydrogens is 398 g/mol. The molecule has 30 heavy (non-hydrogen) atoms. The predicted molar refractivity (Wildman–Crippen MR) is 120 cm³/mol. The number of nitrogens with zero attached hydrogens (tertiary/aromatic N) is 1. The van der Waals surface area contributed by atoms with Gasteiger partial charge in [0, 0.05) is 17.8 Å². The van der Waals surface area contributed by atoms with E-state index in [2.05, 4.69) is 21.9 Å². The molecule has 1 fully saturated rings. The van der Waals surface area contributed by atoms with E-state index in [9.17, 15) is 13.2 Å². The molecule has 162 valence electrons. The summed E-state index contributed by atoms with van der Waals surface area (Å²) in [6.45, 7) is 7.99. The third-order valence-corrected chi connectivity index (χ3v) is 6.87. The minimum atomic E-state index is -3.77. The summed E-state index contributed by atoms with van der Waals surface area (Å²) in [6, 6.07) is 13.3. The first-order chi connectivity index (χ1) is 14.3. The van der Waals surface area contributed by atoms with Crippen molar-refractivity contribution in [1.82, 2.24) is 10.2 Å². The molecule has 2 aromatic carbocycles. The number of nitrogens with one attached hydrogen (secondary N) is 2. The number of aryl methyl sites for hydroxylation is 1. The molecule has 2 N–H and O–H groups in total. The summed E-state index contributed by atoms with van der Waals surface area (Å²) < 4.78 is 28.0. The van der Waals surface area contributed by atoms with Gasteiger partial charge in [-0.15, -0.1) is 0 Å². The van der Waals surface area contributed by atoms with Gasteiger partial charge in [0.2, 0.25) is 0 Å². The smallest absolute Gasteiger partial charge is 0.261 e. The number of carbonyl (C=O) groups excluding carboxylic acids is 1. The molecule has 1 aliphatic heterocycles. The second kappa shape index (κ2) is 10.1. The first-order valence-electron chi connectivity index (χ1n) is 10.5. The Morgan fingerprint density at radius 1 is 1.10 bits per heavy atom. The zero-order valence-corrected chi connectivity index (χ0v) is 18.5. The molecule has 1 saturated heterocycles. The van der Waals surface area contributed by atoms with E-state index in [1.807, 2.05) is 13.0 Å². The van der Waals surface area contributed by atoms with Gasteiger partial charge in [-0.05, 0) is 87.6 Å². The van der Waals surface area contributed by atoms with Crippen molar-refractivity contribution in [2.24, 2.45) is 5.92 Å². The number of carbonyl (C=O) groups is 1. The fourth-order valence-electron chi connectivity index (χ4n) is 3.62. The van der Waals surface area contributed by atoms with E-state index in [1.54, 1.807) is 30.3 Å². The van der Waals surface area contributed by atoms with Crippen molar-refractivity contribution in [3.8, 4) is 0 Å². The van der Waals surface area contributed by atoms with E-state index < -0.39 is 10.0 Å². The van der Waals surface area contributed by atoms with Crippen LogP contribution in [0, 0.1) is 12.8 Å². The van der Waals surface area contributed by atoms with E-state index in [-0.39, 0.29) is 10.8 Å². The molecule has 0 spiro atoms. The normalized spacial score (nSPS) is 15.7. The Bertz CT molecular complexity index is 967. The van der Waals surface area contributed by atoms with Gasteiger partial charge in [-0.25, -0.2) is 8.42 Å². The first-order valence-corrected chi connectivity index (χ1v) is 12.0. The molecule has 0 atom stereocenters. The summed E-state index contributed by atoms with van der Waals surface area (Å²) in [4.78, 5) is 15.0. The van der Waals surface area contributed by atoms with Crippen molar-refractivity contribution in [1.29, 1.82) is 0 Å². The van der Waals surface area contributed by atoms with Gasteiger partial charge in [-0.3, -0.25) is 9.52 Å². The lowest BCUT2D eigenvalue weighted by Crippen LogP contribution is -2.35. The number of amides is 1. The van der Waals surface area contributed by atoms with E-state index in [1.165, 1.54) is 25.0 Å². The molecule has 0 aliphatic carbocycles. The molecular formula is C23H31N3O3S. The van der Waals surface area contributed by atoms with Crippen LogP contribution < -0.4 is 10.0 Å². The van der Waals surface area contributed by atoms with Crippen LogP contribution in [0.5, 0.6) is 0 Å². The number of hydrogen-bond donors (Lipinski definition) is 2. The molecule has 7 heteroatoms. The lowest BCUT2D eigenvalue weighted by atomic mass is 9.99. The van der Waals surface area contributed by atoms with Crippen molar-refractivity contribution >= 4 is 21.6 Å². The molecule has 0 aromatic heterocycles. The third-order valence-electron chi connectivity index (χ3n) is 5.49. The number of sulfonamides is 1. The average Bonchev–Trinajstić information content (AvgIpc) is 2.72. The molecule has 3 rings (SSSR count). The second-order valence-electron chi connectivity index (χ2n) is 8.14. The summed E-state index contributed by atoms with van der Waals surface area (Å²) in [5.74, 6) is 0.555. The predicted octanol–water partition coefficient (Wildman–Crippen LogP) is 3.65. The highest BCUT2D eigenvalue weighted by Crippen LogP contribution is 2.18.